The number of hydrogen-bond donors (Lipinski definition) is 2. The summed E-state index contributed by atoms with van der Waals surface area (Å²) in [4.78, 5) is 0.0993. The lowest BCUT2D eigenvalue weighted by Gasteiger charge is -2.42. The Morgan fingerprint density at radius 3 is 2.48 bits per heavy atom. The van der Waals surface area contributed by atoms with Gasteiger partial charge < -0.3 is 10.3 Å². The van der Waals surface area contributed by atoms with Crippen LogP contribution in [0.3, 0.4) is 0 Å². The zero-order valence-electron chi connectivity index (χ0n) is 15.8. The first-order chi connectivity index (χ1) is 12.8. The average molecular weight is 390 g/mol. The number of phenols is 1. The SMILES string of the molecule is CCCC[C@]1(CC)CS(=O)(=O)c2cc(O)ccc2[C@@H](c2ccccc2)N1O. The predicted molar refractivity (Wildman–Crippen MR) is 105 cm³/mol. The molecule has 0 saturated heterocycles. The Bertz CT molecular complexity index is 898. The number of phenolic OH excluding ortho intramolecular Hbond substituents is 1. The zero-order chi connectivity index (χ0) is 19.7. The third kappa shape index (κ3) is 3.61. The van der Waals surface area contributed by atoms with E-state index in [1.807, 2.05) is 37.3 Å². The van der Waals surface area contributed by atoms with Crippen LogP contribution < -0.4 is 0 Å². The fraction of sp³-hybridized carbons (Fsp3) is 0.429. The molecule has 146 valence electrons. The van der Waals surface area contributed by atoms with Crippen LogP contribution in [0.4, 0.5) is 0 Å². The molecule has 6 heteroatoms. The van der Waals surface area contributed by atoms with Gasteiger partial charge in [0.1, 0.15) is 5.75 Å². The van der Waals surface area contributed by atoms with Crippen molar-refractivity contribution in [3.05, 3.63) is 59.7 Å². The number of aromatic hydroxyl groups is 1. The van der Waals surface area contributed by atoms with Crippen LogP contribution in [0, 0.1) is 0 Å². The number of sulfone groups is 1. The maximum absolute atomic E-state index is 13.3. The van der Waals surface area contributed by atoms with Gasteiger partial charge >= 0.3 is 0 Å². The molecular weight excluding hydrogens is 362 g/mol. The molecule has 2 N–H and O–H groups in total. The molecule has 2 atom stereocenters. The number of benzene rings is 2. The second-order valence-corrected chi connectivity index (χ2v) is 9.28. The Hall–Kier alpha value is -1.89. The first kappa shape index (κ1) is 19.9. The molecule has 2 aromatic rings. The lowest BCUT2D eigenvalue weighted by molar-refractivity contribution is -0.193. The first-order valence-corrected chi connectivity index (χ1v) is 11.1. The highest BCUT2D eigenvalue weighted by molar-refractivity contribution is 7.91. The fourth-order valence-corrected chi connectivity index (χ4v) is 6.19. The summed E-state index contributed by atoms with van der Waals surface area (Å²) in [5, 5.41) is 22.6. The number of fused-ring (bicyclic) bond motifs is 1. The van der Waals surface area contributed by atoms with Crippen molar-refractivity contribution in [1.82, 2.24) is 5.06 Å². The summed E-state index contributed by atoms with van der Waals surface area (Å²) in [5.41, 5.74) is 0.427. The Labute approximate surface area is 161 Å². The largest absolute Gasteiger partial charge is 0.508 e. The molecule has 0 aromatic heterocycles. The number of unbranched alkanes of at least 4 members (excludes halogenated alkanes) is 1. The molecule has 27 heavy (non-hydrogen) atoms. The van der Waals surface area contributed by atoms with E-state index in [9.17, 15) is 18.7 Å². The molecule has 1 aliphatic rings. The summed E-state index contributed by atoms with van der Waals surface area (Å²) in [7, 11) is -3.69. The number of hydroxylamine groups is 2. The van der Waals surface area contributed by atoms with E-state index in [1.165, 1.54) is 17.2 Å². The van der Waals surface area contributed by atoms with Gasteiger partial charge in [-0.3, -0.25) is 0 Å². The van der Waals surface area contributed by atoms with Crippen molar-refractivity contribution in [2.45, 2.75) is 56.0 Å². The Morgan fingerprint density at radius 1 is 1.15 bits per heavy atom. The second-order valence-electron chi connectivity index (χ2n) is 7.32. The maximum Gasteiger partial charge on any atom is 0.180 e. The third-order valence-corrected chi connectivity index (χ3v) is 7.53. The molecule has 3 rings (SSSR count). The Morgan fingerprint density at radius 2 is 1.85 bits per heavy atom. The van der Waals surface area contributed by atoms with E-state index in [0.29, 0.717) is 18.4 Å². The fourth-order valence-electron chi connectivity index (χ4n) is 4.01. The predicted octanol–water partition coefficient (Wildman–Crippen LogP) is 4.30. The van der Waals surface area contributed by atoms with E-state index in [2.05, 4.69) is 6.92 Å². The monoisotopic (exact) mass is 389 g/mol. The van der Waals surface area contributed by atoms with Crippen molar-refractivity contribution in [2.75, 3.05) is 5.75 Å². The van der Waals surface area contributed by atoms with Crippen LogP contribution in [-0.4, -0.2) is 35.1 Å². The molecule has 0 saturated carbocycles. The highest BCUT2D eigenvalue weighted by Crippen LogP contribution is 2.44. The molecule has 0 bridgehead atoms. The van der Waals surface area contributed by atoms with E-state index in [-0.39, 0.29) is 16.4 Å². The third-order valence-electron chi connectivity index (χ3n) is 5.59. The topological polar surface area (TPSA) is 77.8 Å². The van der Waals surface area contributed by atoms with Gasteiger partial charge in [0.05, 0.1) is 22.2 Å². The van der Waals surface area contributed by atoms with Gasteiger partial charge in [-0.1, -0.05) is 63.1 Å². The summed E-state index contributed by atoms with van der Waals surface area (Å²) in [6.45, 7) is 3.97. The van der Waals surface area contributed by atoms with Crippen LogP contribution in [0.25, 0.3) is 0 Å². The minimum absolute atomic E-state index is 0.0915. The van der Waals surface area contributed by atoms with Crippen molar-refractivity contribution in [3.8, 4) is 5.75 Å². The van der Waals surface area contributed by atoms with Crippen LogP contribution in [0.15, 0.2) is 53.4 Å². The highest BCUT2D eigenvalue weighted by atomic mass is 32.2. The van der Waals surface area contributed by atoms with Gasteiger partial charge in [-0.2, -0.15) is 5.06 Å². The van der Waals surface area contributed by atoms with Crippen LogP contribution in [0.1, 0.15) is 56.7 Å². The molecule has 0 spiro atoms. The highest BCUT2D eigenvalue weighted by Gasteiger charge is 2.47. The Balaban J connectivity index is 2.28. The lowest BCUT2D eigenvalue weighted by Crippen LogP contribution is -2.51. The Kier molecular flexibility index (Phi) is 5.60. The van der Waals surface area contributed by atoms with Gasteiger partial charge in [0, 0.05) is 0 Å². The molecule has 2 aromatic carbocycles. The minimum atomic E-state index is -3.69. The average Bonchev–Trinajstić information content (AvgIpc) is 2.73. The number of nitrogens with zero attached hydrogens (tertiary/aromatic N) is 1. The molecule has 0 aliphatic carbocycles. The quantitative estimate of drug-likeness (QED) is 0.797. The molecule has 1 heterocycles. The minimum Gasteiger partial charge on any atom is -0.508 e. The van der Waals surface area contributed by atoms with E-state index in [0.717, 1.165) is 18.4 Å². The standard InChI is InChI=1S/C21H27NO4S/c1-3-5-13-21(4-2)15-27(25,26)19-14-17(23)11-12-18(19)20(22(21)24)16-9-7-6-8-10-16/h6-12,14,20,23-24H,3-5,13,15H2,1-2H3/t20-,21-/m1/s1. The van der Waals surface area contributed by atoms with E-state index < -0.39 is 21.4 Å². The number of hydrogen-bond acceptors (Lipinski definition) is 5. The van der Waals surface area contributed by atoms with Gasteiger partial charge in [0.2, 0.25) is 0 Å². The second kappa shape index (κ2) is 7.62. The van der Waals surface area contributed by atoms with Crippen molar-refractivity contribution in [1.29, 1.82) is 0 Å². The van der Waals surface area contributed by atoms with E-state index in [4.69, 9.17) is 0 Å². The smallest absolute Gasteiger partial charge is 0.180 e. The molecule has 0 unspecified atom stereocenters. The van der Waals surface area contributed by atoms with Crippen molar-refractivity contribution >= 4 is 9.84 Å². The molecule has 0 radical (unpaired) electrons. The van der Waals surface area contributed by atoms with E-state index in [1.54, 1.807) is 6.07 Å². The summed E-state index contributed by atoms with van der Waals surface area (Å²) >= 11 is 0. The van der Waals surface area contributed by atoms with Gasteiger partial charge in [-0.25, -0.2) is 8.42 Å². The van der Waals surface area contributed by atoms with Crippen molar-refractivity contribution < 1.29 is 18.7 Å². The molecular formula is C21H27NO4S. The zero-order valence-corrected chi connectivity index (χ0v) is 16.6. The molecule has 0 amide bonds. The van der Waals surface area contributed by atoms with Gasteiger partial charge in [0.15, 0.2) is 9.84 Å². The van der Waals surface area contributed by atoms with Gasteiger partial charge in [-0.15, -0.1) is 0 Å². The van der Waals surface area contributed by atoms with Crippen LogP contribution in [0.2, 0.25) is 0 Å². The summed E-state index contributed by atoms with van der Waals surface area (Å²) in [6, 6.07) is 13.2. The van der Waals surface area contributed by atoms with Gasteiger partial charge in [0.25, 0.3) is 0 Å². The van der Waals surface area contributed by atoms with E-state index >= 15 is 0 Å². The number of rotatable bonds is 5. The maximum atomic E-state index is 13.3. The van der Waals surface area contributed by atoms with Crippen LogP contribution in [-0.2, 0) is 9.84 Å². The summed E-state index contributed by atoms with van der Waals surface area (Å²) < 4.78 is 26.5. The van der Waals surface area contributed by atoms with Crippen LogP contribution >= 0.6 is 0 Å². The summed E-state index contributed by atoms with van der Waals surface area (Å²) in [6.07, 6.45) is 2.83. The van der Waals surface area contributed by atoms with Gasteiger partial charge in [-0.05, 0) is 36.1 Å². The van der Waals surface area contributed by atoms with Crippen molar-refractivity contribution in [3.63, 3.8) is 0 Å². The first-order valence-electron chi connectivity index (χ1n) is 9.43. The molecule has 1 aliphatic heterocycles. The normalized spacial score (nSPS) is 24.9. The van der Waals surface area contributed by atoms with Crippen molar-refractivity contribution in [2.24, 2.45) is 0 Å². The molecule has 0 fully saturated rings. The molecule has 5 nitrogen and oxygen atoms in total. The lowest BCUT2D eigenvalue weighted by atomic mass is 9.87. The summed E-state index contributed by atoms with van der Waals surface area (Å²) in [5.74, 6) is -0.265. The van der Waals surface area contributed by atoms with Crippen LogP contribution in [0.5, 0.6) is 5.75 Å².